The highest BCUT2D eigenvalue weighted by Crippen LogP contribution is 2.37. The summed E-state index contributed by atoms with van der Waals surface area (Å²) in [5.41, 5.74) is 0.109. The van der Waals surface area contributed by atoms with E-state index < -0.39 is 0 Å². The molecule has 0 aromatic rings. The van der Waals surface area contributed by atoms with Crippen LogP contribution in [-0.2, 0) is 4.74 Å². The fraction of sp³-hybridized carbons (Fsp3) is 0.917. The van der Waals surface area contributed by atoms with E-state index in [9.17, 15) is 5.11 Å². The van der Waals surface area contributed by atoms with Gasteiger partial charge in [-0.1, -0.05) is 18.7 Å². The lowest BCUT2D eigenvalue weighted by Gasteiger charge is -2.32. The van der Waals surface area contributed by atoms with Crippen LogP contribution in [0.2, 0.25) is 0 Å². The predicted molar refractivity (Wildman–Crippen MR) is 71.3 cm³/mol. The lowest BCUT2D eigenvalue weighted by molar-refractivity contribution is -0.0729. The first-order valence-corrected chi connectivity index (χ1v) is 7.29. The molecule has 17 heavy (non-hydrogen) atoms. The van der Waals surface area contributed by atoms with Crippen molar-refractivity contribution in [3.05, 3.63) is 0 Å². The van der Waals surface area contributed by atoms with Crippen LogP contribution in [0, 0.1) is 0 Å². The van der Waals surface area contributed by atoms with Crippen LogP contribution in [0.15, 0.2) is 4.99 Å². The van der Waals surface area contributed by atoms with Gasteiger partial charge in [-0.05, 0) is 26.2 Å². The van der Waals surface area contributed by atoms with Crippen LogP contribution < -0.4 is 0 Å². The van der Waals surface area contributed by atoms with E-state index in [2.05, 4.69) is 18.9 Å². The number of aliphatic hydroxyl groups excluding tert-OH is 1. The number of aliphatic imine (C=N–C) groups is 1. The third-order valence-electron chi connectivity index (χ3n) is 3.29. The summed E-state index contributed by atoms with van der Waals surface area (Å²) in [4.78, 5) is 6.92. The van der Waals surface area contributed by atoms with Gasteiger partial charge in [-0.15, -0.1) is 0 Å². The van der Waals surface area contributed by atoms with Gasteiger partial charge in [0, 0.05) is 13.6 Å². The average molecular weight is 258 g/mol. The van der Waals surface area contributed by atoms with Gasteiger partial charge < -0.3 is 14.7 Å². The molecular formula is C12H22N2O2S. The predicted octanol–water partition coefficient (Wildman–Crippen LogP) is 1.69. The molecule has 2 rings (SSSR count). The Balaban J connectivity index is 1.93. The summed E-state index contributed by atoms with van der Waals surface area (Å²) >= 11 is 1.71. The number of hydrogen-bond donors (Lipinski definition) is 1. The average Bonchev–Trinajstić information content (AvgIpc) is 2.71. The fourth-order valence-electron chi connectivity index (χ4n) is 2.28. The second-order valence-electron chi connectivity index (χ2n) is 4.88. The van der Waals surface area contributed by atoms with Crippen molar-refractivity contribution in [2.75, 3.05) is 13.6 Å². The largest absolute Gasteiger partial charge is 0.391 e. The molecule has 2 heterocycles. The minimum absolute atomic E-state index is 0.0187. The molecule has 0 amide bonds. The number of nitrogens with zero attached hydrogens (tertiary/aromatic N) is 2. The summed E-state index contributed by atoms with van der Waals surface area (Å²) < 4.78 is 5.90. The molecule has 1 fully saturated rings. The maximum Gasteiger partial charge on any atom is 0.161 e. The van der Waals surface area contributed by atoms with Gasteiger partial charge in [0.2, 0.25) is 0 Å². The Morgan fingerprint density at radius 2 is 2.35 bits per heavy atom. The third kappa shape index (κ3) is 2.95. The molecule has 0 aromatic carbocycles. The van der Waals surface area contributed by atoms with E-state index in [-0.39, 0.29) is 23.7 Å². The summed E-state index contributed by atoms with van der Waals surface area (Å²) in [6.45, 7) is 5.00. The third-order valence-corrected chi connectivity index (χ3v) is 4.58. The summed E-state index contributed by atoms with van der Waals surface area (Å²) in [7, 11) is 2.08. The minimum atomic E-state index is -0.381. The van der Waals surface area contributed by atoms with Gasteiger partial charge in [0.25, 0.3) is 0 Å². The Hall–Kier alpha value is -0.260. The monoisotopic (exact) mass is 258 g/mol. The van der Waals surface area contributed by atoms with E-state index in [1.807, 2.05) is 0 Å². The van der Waals surface area contributed by atoms with E-state index in [4.69, 9.17) is 9.73 Å². The van der Waals surface area contributed by atoms with Crippen molar-refractivity contribution in [1.82, 2.24) is 4.90 Å². The smallest absolute Gasteiger partial charge is 0.161 e. The zero-order valence-corrected chi connectivity index (χ0v) is 11.6. The molecule has 0 bridgehead atoms. The maximum absolute atomic E-state index is 9.57. The number of hydrogen-bond acceptors (Lipinski definition) is 5. The van der Waals surface area contributed by atoms with Gasteiger partial charge in [0.15, 0.2) is 5.17 Å². The molecule has 0 saturated carbocycles. The molecule has 2 aliphatic heterocycles. The van der Waals surface area contributed by atoms with E-state index >= 15 is 0 Å². The summed E-state index contributed by atoms with van der Waals surface area (Å²) in [6, 6.07) is 0.282. The summed E-state index contributed by atoms with van der Waals surface area (Å²) in [5.74, 6) is 0. The number of fused-ring (bicyclic) bond motifs is 1. The van der Waals surface area contributed by atoms with Gasteiger partial charge in [-0.2, -0.15) is 0 Å². The molecule has 4 nitrogen and oxygen atoms in total. The Morgan fingerprint density at radius 1 is 1.59 bits per heavy atom. The van der Waals surface area contributed by atoms with Crippen LogP contribution in [0.4, 0.5) is 0 Å². The SMILES string of the molecule is CCCN(C)C1=N[C@@H]2CC[C@H]([C@H](C)O)O[C@@H]2S1. The van der Waals surface area contributed by atoms with Crippen molar-refractivity contribution < 1.29 is 9.84 Å². The Kier molecular flexibility index (Phi) is 4.33. The molecule has 1 saturated heterocycles. The molecule has 0 unspecified atom stereocenters. The Morgan fingerprint density at radius 3 is 3.00 bits per heavy atom. The molecule has 4 atom stereocenters. The quantitative estimate of drug-likeness (QED) is 0.836. The summed E-state index contributed by atoms with van der Waals surface area (Å²) in [5, 5.41) is 10.7. The first kappa shape index (κ1) is 13.2. The Labute approximate surface area is 107 Å². The second-order valence-corrected chi connectivity index (χ2v) is 5.94. The van der Waals surface area contributed by atoms with E-state index in [1.165, 1.54) is 0 Å². The number of thioether (sulfide) groups is 1. The van der Waals surface area contributed by atoms with Gasteiger partial charge in [-0.3, -0.25) is 4.99 Å². The minimum Gasteiger partial charge on any atom is -0.391 e. The fourth-order valence-corrected chi connectivity index (χ4v) is 3.51. The normalized spacial score (nSPS) is 34.1. The first-order valence-electron chi connectivity index (χ1n) is 6.41. The molecule has 2 aliphatic rings. The molecule has 0 aromatic heterocycles. The molecule has 5 heteroatoms. The summed E-state index contributed by atoms with van der Waals surface area (Å²) in [6.07, 6.45) is 2.66. The van der Waals surface area contributed by atoms with E-state index in [0.29, 0.717) is 0 Å². The maximum atomic E-state index is 9.57. The highest BCUT2D eigenvalue weighted by molar-refractivity contribution is 8.14. The molecule has 0 aliphatic carbocycles. The molecule has 1 N–H and O–H groups in total. The van der Waals surface area contributed by atoms with Crippen LogP contribution >= 0.6 is 11.8 Å². The van der Waals surface area contributed by atoms with Crippen LogP contribution in [-0.4, -0.2) is 52.5 Å². The van der Waals surface area contributed by atoms with Crippen molar-refractivity contribution >= 4 is 16.9 Å². The second kappa shape index (κ2) is 5.59. The molecule has 0 spiro atoms. The van der Waals surface area contributed by atoms with Crippen molar-refractivity contribution in [2.45, 2.75) is 56.8 Å². The van der Waals surface area contributed by atoms with Crippen molar-refractivity contribution in [3.8, 4) is 0 Å². The van der Waals surface area contributed by atoms with Gasteiger partial charge >= 0.3 is 0 Å². The van der Waals surface area contributed by atoms with Gasteiger partial charge in [-0.25, -0.2) is 0 Å². The Bertz CT molecular complexity index is 296. The number of rotatable bonds is 3. The van der Waals surface area contributed by atoms with Crippen LogP contribution in [0.1, 0.15) is 33.1 Å². The molecular weight excluding hydrogens is 236 g/mol. The van der Waals surface area contributed by atoms with Gasteiger partial charge in [0.1, 0.15) is 5.44 Å². The zero-order chi connectivity index (χ0) is 12.4. The molecule has 98 valence electrons. The van der Waals surface area contributed by atoms with Crippen LogP contribution in [0.3, 0.4) is 0 Å². The lowest BCUT2D eigenvalue weighted by Crippen LogP contribution is -2.39. The van der Waals surface area contributed by atoms with Crippen molar-refractivity contribution in [3.63, 3.8) is 0 Å². The van der Waals surface area contributed by atoms with Crippen molar-refractivity contribution in [2.24, 2.45) is 4.99 Å². The number of amidine groups is 1. The van der Waals surface area contributed by atoms with Crippen LogP contribution in [0.25, 0.3) is 0 Å². The van der Waals surface area contributed by atoms with Crippen LogP contribution in [0.5, 0.6) is 0 Å². The van der Waals surface area contributed by atoms with E-state index in [1.54, 1.807) is 18.7 Å². The molecule has 0 radical (unpaired) electrons. The van der Waals surface area contributed by atoms with E-state index in [0.717, 1.165) is 31.0 Å². The van der Waals surface area contributed by atoms with Gasteiger partial charge in [0.05, 0.1) is 18.2 Å². The number of aliphatic hydroxyl groups is 1. The number of ether oxygens (including phenoxy) is 1. The lowest BCUT2D eigenvalue weighted by atomic mass is 10.0. The topological polar surface area (TPSA) is 45.1 Å². The first-order chi connectivity index (χ1) is 8.11. The zero-order valence-electron chi connectivity index (χ0n) is 10.8. The highest BCUT2D eigenvalue weighted by Gasteiger charge is 2.39. The highest BCUT2D eigenvalue weighted by atomic mass is 32.2. The standard InChI is InChI=1S/C12H22N2O2S/c1-4-7-14(3)12-13-9-5-6-10(8(2)15)16-11(9)17-12/h8-11,15H,4-7H2,1-3H3/t8-,9+,10+,11+/m0/s1. The van der Waals surface area contributed by atoms with Crippen molar-refractivity contribution in [1.29, 1.82) is 0 Å².